The van der Waals surface area contributed by atoms with Crippen LogP contribution >= 0.6 is 0 Å². The Morgan fingerprint density at radius 1 is 1.20 bits per heavy atom. The zero-order valence-electron chi connectivity index (χ0n) is 21.0. The van der Waals surface area contributed by atoms with E-state index >= 15 is 0 Å². The topological polar surface area (TPSA) is 119 Å². The van der Waals surface area contributed by atoms with Gasteiger partial charge in [-0.1, -0.05) is 52.8 Å². The normalized spacial score (nSPS) is 17.1. The molecular formula is C27H32N2O6. The highest BCUT2D eigenvalue weighted by atomic mass is 16.5. The van der Waals surface area contributed by atoms with Gasteiger partial charge >= 0.3 is 5.97 Å². The van der Waals surface area contributed by atoms with Crippen LogP contribution < -0.4 is 20.1 Å². The minimum Gasteiger partial charge on any atom is -0.496 e. The first-order valence-corrected chi connectivity index (χ1v) is 11.4. The number of nitrogens with zero attached hydrogens (tertiary/aromatic N) is 1. The number of amides is 2. The first-order valence-electron chi connectivity index (χ1n) is 11.4. The van der Waals surface area contributed by atoms with Crippen LogP contribution in [0, 0.1) is 18.1 Å². The Hall–Kier alpha value is -3.73. The summed E-state index contributed by atoms with van der Waals surface area (Å²) in [5.74, 6) is -1.55. The highest BCUT2D eigenvalue weighted by Crippen LogP contribution is 2.47. The van der Waals surface area contributed by atoms with Gasteiger partial charge < -0.3 is 20.3 Å². The Balaban J connectivity index is 2.18. The van der Waals surface area contributed by atoms with Crippen molar-refractivity contribution < 1.29 is 29.0 Å². The molecule has 0 aliphatic carbocycles. The molecule has 0 bridgehead atoms. The molecule has 3 rings (SSSR count). The molecule has 186 valence electrons. The fourth-order valence-corrected chi connectivity index (χ4v) is 4.61. The average Bonchev–Trinajstić information content (AvgIpc) is 3.10. The van der Waals surface area contributed by atoms with Crippen molar-refractivity contribution in [3.8, 4) is 11.5 Å². The summed E-state index contributed by atoms with van der Waals surface area (Å²) >= 11 is 0. The van der Waals surface area contributed by atoms with Crippen LogP contribution in [0.1, 0.15) is 62.5 Å². The molecule has 1 heterocycles. The molecule has 2 amide bonds. The van der Waals surface area contributed by atoms with E-state index in [1.807, 2.05) is 34.6 Å². The molecule has 2 aromatic carbocycles. The maximum absolute atomic E-state index is 14.0. The number of carboxylic acids is 1. The van der Waals surface area contributed by atoms with Crippen LogP contribution in [0.4, 0.5) is 5.69 Å². The number of benzene rings is 1. The van der Waals surface area contributed by atoms with E-state index in [4.69, 9.17) is 15.2 Å². The van der Waals surface area contributed by atoms with E-state index in [9.17, 15) is 19.5 Å². The van der Waals surface area contributed by atoms with Gasteiger partial charge in [-0.25, -0.2) is 4.79 Å². The van der Waals surface area contributed by atoms with Crippen LogP contribution in [0.2, 0.25) is 0 Å². The fraction of sp³-hybridized carbons (Fsp3) is 0.444. The fourth-order valence-electron chi connectivity index (χ4n) is 4.61. The lowest BCUT2D eigenvalue weighted by Gasteiger charge is -2.36. The van der Waals surface area contributed by atoms with Crippen LogP contribution in [-0.2, 0) is 21.4 Å². The summed E-state index contributed by atoms with van der Waals surface area (Å²) in [6, 6.07) is 12.5. The molecule has 1 aliphatic rings. The van der Waals surface area contributed by atoms with Gasteiger partial charge in [-0.2, -0.15) is 0 Å². The second-order valence-electron chi connectivity index (χ2n) is 10.3. The largest absolute Gasteiger partial charge is 0.496 e. The quantitative estimate of drug-likeness (QED) is 0.597. The van der Waals surface area contributed by atoms with Crippen LogP contribution in [0.3, 0.4) is 0 Å². The standard InChI is InChI=1S/C27H32N2O6/c1-16(2)13-27(25(32)33)14-18-20(8-7-9-21(18)35-15-23(28)30)29(27)24(31)17-10-11-19(26(3,4)5)22(12-17)34-6/h7-9,12,16H,13-15H2,1-6H3,(H2,28,30)(H,32,33). The predicted octanol–water partition coefficient (Wildman–Crippen LogP) is 3.53. The summed E-state index contributed by atoms with van der Waals surface area (Å²) in [4.78, 5) is 39.4. The number of hydrogen-bond acceptors (Lipinski definition) is 5. The van der Waals surface area contributed by atoms with Gasteiger partial charge in [0.2, 0.25) is 0 Å². The zero-order valence-corrected chi connectivity index (χ0v) is 21.0. The van der Waals surface area contributed by atoms with Crippen molar-refractivity contribution in [3.63, 3.8) is 0 Å². The summed E-state index contributed by atoms with van der Waals surface area (Å²) in [5, 5.41) is 10.5. The van der Waals surface area contributed by atoms with E-state index in [1.54, 1.807) is 24.3 Å². The van der Waals surface area contributed by atoms with Gasteiger partial charge in [0.05, 0.1) is 18.4 Å². The van der Waals surface area contributed by atoms with Crippen LogP contribution in [0.15, 0.2) is 24.3 Å². The minimum atomic E-state index is -1.55. The number of primary amides is 1. The van der Waals surface area contributed by atoms with Gasteiger partial charge in [0.25, 0.3) is 11.8 Å². The molecule has 0 aromatic heterocycles. The lowest BCUT2D eigenvalue weighted by Crippen LogP contribution is -2.56. The Morgan fingerprint density at radius 3 is 2.43 bits per heavy atom. The van der Waals surface area contributed by atoms with E-state index in [-0.39, 0.29) is 36.3 Å². The Kier molecular flexibility index (Phi) is 7.02. The second-order valence-corrected chi connectivity index (χ2v) is 10.3. The Bertz CT molecular complexity index is 1150. The highest BCUT2D eigenvalue weighted by molar-refractivity contribution is 6.12. The minimum absolute atomic E-state index is 0.0252. The van der Waals surface area contributed by atoms with Gasteiger partial charge in [-0.15, -0.1) is 0 Å². The van der Waals surface area contributed by atoms with Crippen LogP contribution in [0.25, 0.3) is 0 Å². The maximum atomic E-state index is 14.0. The van der Waals surface area contributed by atoms with Crippen molar-refractivity contribution >= 4 is 23.5 Å². The third-order valence-electron chi connectivity index (χ3n) is 6.01. The van der Waals surface area contributed by atoms with E-state index in [0.717, 1.165) is 5.56 Å². The molecule has 1 unspecified atom stereocenters. The number of carbonyl (C=O) groups is 3. The van der Waals surface area contributed by atoms with Crippen molar-refractivity contribution in [3.05, 3.63) is 53.1 Å². The summed E-state index contributed by atoms with van der Waals surface area (Å²) in [7, 11) is 1.51. The van der Waals surface area contributed by atoms with E-state index < -0.39 is 23.3 Å². The lowest BCUT2D eigenvalue weighted by molar-refractivity contribution is -0.143. The Morgan fingerprint density at radius 2 is 1.89 bits per heavy atom. The molecule has 0 radical (unpaired) electrons. The molecule has 2 aromatic rings. The number of carbonyl (C=O) groups excluding carboxylic acids is 2. The van der Waals surface area contributed by atoms with Crippen molar-refractivity contribution in [2.45, 2.75) is 58.4 Å². The highest BCUT2D eigenvalue weighted by Gasteiger charge is 2.54. The number of hydrogen-bond donors (Lipinski definition) is 2. The lowest BCUT2D eigenvalue weighted by atomic mass is 9.84. The molecular weight excluding hydrogens is 448 g/mol. The zero-order chi connectivity index (χ0) is 26.1. The third-order valence-corrected chi connectivity index (χ3v) is 6.01. The summed E-state index contributed by atoms with van der Waals surface area (Å²) < 4.78 is 11.1. The smallest absolute Gasteiger partial charge is 0.330 e. The number of ether oxygens (including phenoxy) is 2. The number of rotatable bonds is 8. The number of fused-ring (bicyclic) bond motifs is 1. The summed E-state index contributed by atoms with van der Waals surface area (Å²) in [5.41, 5.74) is 5.23. The number of anilines is 1. The van der Waals surface area contributed by atoms with Crippen molar-refractivity contribution in [2.75, 3.05) is 18.6 Å². The molecule has 8 heteroatoms. The first-order chi connectivity index (χ1) is 16.3. The number of methoxy groups -OCH3 is 1. The van der Waals surface area contributed by atoms with Gasteiger partial charge in [0.15, 0.2) is 6.61 Å². The molecule has 1 atom stereocenters. The maximum Gasteiger partial charge on any atom is 0.330 e. The Labute approximate surface area is 206 Å². The SMILES string of the molecule is COc1cc(C(=O)N2c3cccc(OCC(N)=O)c3CC2(CC(C)C)C(=O)O)c#cc1C(C)(C)C. The van der Waals surface area contributed by atoms with Gasteiger partial charge in [0, 0.05) is 23.6 Å². The molecule has 1 aliphatic heterocycles. The molecule has 35 heavy (non-hydrogen) atoms. The average molecular weight is 481 g/mol. The molecule has 0 spiro atoms. The predicted molar refractivity (Wildman–Crippen MR) is 131 cm³/mol. The van der Waals surface area contributed by atoms with E-state index in [1.165, 1.54) is 12.0 Å². The monoisotopic (exact) mass is 480 g/mol. The number of aliphatic carboxylic acids is 1. The third kappa shape index (κ3) is 4.90. The van der Waals surface area contributed by atoms with Crippen molar-refractivity contribution in [1.29, 1.82) is 0 Å². The first kappa shape index (κ1) is 25.9. The molecule has 0 saturated carbocycles. The summed E-state index contributed by atoms with van der Waals surface area (Å²) in [6.45, 7) is 9.45. The molecule has 0 fully saturated rings. The van der Waals surface area contributed by atoms with Crippen LogP contribution in [0.5, 0.6) is 11.5 Å². The summed E-state index contributed by atoms with van der Waals surface area (Å²) in [6.07, 6.45) is 0.233. The van der Waals surface area contributed by atoms with E-state index in [0.29, 0.717) is 22.7 Å². The van der Waals surface area contributed by atoms with Crippen LogP contribution in [-0.4, -0.2) is 42.1 Å². The molecule has 8 nitrogen and oxygen atoms in total. The van der Waals surface area contributed by atoms with E-state index in [2.05, 4.69) is 12.1 Å². The number of nitrogens with two attached hydrogens (primary N) is 1. The van der Waals surface area contributed by atoms with Crippen molar-refractivity contribution in [1.82, 2.24) is 0 Å². The van der Waals surface area contributed by atoms with Crippen molar-refractivity contribution in [2.24, 2.45) is 11.7 Å². The molecule has 3 N–H and O–H groups in total. The van der Waals surface area contributed by atoms with Gasteiger partial charge in [-0.05, 0) is 29.9 Å². The van der Waals surface area contributed by atoms with Gasteiger partial charge in [-0.3, -0.25) is 14.5 Å². The number of carboxylic acid groups (broad SMARTS) is 1. The van der Waals surface area contributed by atoms with Gasteiger partial charge in [0.1, 0.15) is 17.0 Å². The molecule has 0 saturated heterocycles. The second kappa shape index (κ2) is 9.49.